The molecule has 0 radical (unpaired) electrons. The summed E-state index contributed by atoms with van der Waals surface area (Å²) in [7, 11) is 0. The van der Waals surface area contributed by atoms with E-state index in [4.69, 9.17) is 0 Å². The number of hydrogen-bond acceptors (Lipinski definition) is 5. The maximum atomic E-state index is 4.64. The van der Waals surface area contributed by atoms with E-state index >= 15 is 0 Å². The third kappa shape index (κ3) is 3.57. The van der Waals surface area contributed by atoms with Gasteiger partial charge in [-0.3, -0.25) is 9.88 Å². The summed E-state index contributed by atoms with van der Waals surface area (Å²) in [6.07, 6.45) is 8.62. The Bertz CT molecular complexity index is 493. The molecule has 2 fully saturated rings. The fourth-order valence-electron chi connectivity index (χ4n) is 3.81. The first-order valence-corrected chi connectivity index (χ1v) is 9.72. The predicted octanol–water partition coefficient (Wildman–Crippen LogP) is 3.26. The molecule has 2 heterocycles. The molecule has 1 N–H and O–H groups in total. The van der Waals surface area contributed by atoms with Gasteiger partial charge in [-0.1, -0.05) is 19.3 Å². The first-order chi connectivity index (χ1) is 10.7. The summed E-state index contributed by atoms with van der Waals surface area (Å²) in [5.74, 6) is 3.53. The Balaban J connectivity index is 1.73. The van der Waals surface area contributed by atoms with Gasteiger partial charge in [-0.2, -0.15) is 11.8 Å². The fourth-order valence-corrected chi connectivity index (χ4v) is 4.71. The lowest BCUT2D eigenvalue weighted by atomic mass is 9.80. The summed E-state index contributed by atoms with van der Waals surface area (Å²) in [5.41, 5.74) is 2.32. The first kappa shape index (κ1) is 16.1. The topological polar surface area (TPSA) is 41.1 Å². The molecule has 1 aliphatic carbocycles. The Morgan fingerprint density at radius 2 is 1.91 bits per heavy atom. The van der Waals surface area contributed by atoms with Crippen LogP contribution in [0.5, 0.6) is 0 Å². The van der Waals surface area contributed by atoms with Gasteiger partial charge in [-0.15, -0.1) is 0 Å². The Morgan fingerprint density at radius 3 is 2.64 bits per heavy atom. The average molecular weight is 321 g/mol. The van der Waals surface area contributed by atoms with Gasteiger partial charge < -0.3 is 5.32 Å². The molecule has 0 bridgehead atoms. The number of rotatable bonds is 4. The van der Waals surface area contributed by atoms with E-state index in [1.807, 2.05) is 20.0 Å². The highest BCUT2D eigenvalue weighted by Gasteiger charge is 2.38. The van der Waals surface area contributed by atoms with E-state index < -0.39 is 0 Å². The van der Waals surface area contributed by atoms with E-state index in [1.165, 1.54) is 56.7 Å². The smallest absolute Gasteiger partial charge is 0.147 e. The van der Waals surface area contributed by atoms with Crippen LogP contribution in [0.1, 0.15) is 43.5 Å². The van der Waals surface area contributed by atoms with Gasteiger partial charge in [-0.05, 0) is 26.7 Å². The molecule has 1 saturated carbocycles. The molecule has 1 aromatic rings. The summed E-state index contributed by atoms with van der Waals surface area (Å²) in [6.45, 7) is 7.54. The van der Waals surface area contributed by atoms with Crippen LogP contribution < -0.4 is 5.32 Å². The normalized spacial score (nSPS) is 22.5. The Labute approximate surface area is 138 Å². The lowest BCUT2D eigenvalue weighted by molar-refractivity contribution is 0.0706. The third-order valence-corrected chi connectivity index (χ3v) is 6.07. The summed E-state index contributed by atoms with van der Waals surface area (Å²) < 4.78 is 0. The zero-order valence-corrected chi connectivity index (χ0v) is 14.7. The minimum atomic E-state index is 0.330. The van der Waals surface area contributed by atoms with Crippen molar-refractivity contribution in [3.05, 3.63) is 17.6 Å². The highest BCUT2D eigenvalue weighted by molar-refractivity contribution is 7.99. The van der Waals surface area contributed by atoms with E-state index in [9.17, 15) is 0 Å². The van der Waals surface area contributed by atoms with Crippen molar-refractivity contribution in [1.29, 1.82) is 0 Å². The minimum absolute atomic E-state index is 0.330. The molecule has 1 saturated heterocycles. The summed E-state index contributed by atoms with van der Waals surface area (Å²) >= 11 is 2.10. The maximum absolute atomic E-state index is 4.64. The second kappa shape index (κ2) is 7.18. The van der Waals surface area contributed by atoms with Crippen LogP contribution in [-0.4, -0.2) is 51.5 Å². The molecule has 1 aromatic heterocycles. The van der Waals surface area contributed by atoms with Gasteiger partial charge >= 0.3 is 0 Å². The SMILES string of the molecule is Cc1cnc(C)c(NCC2(N3CCSCC3)CCCCC2)n1. The van der Waals surface area contributed by atoms with Gasteiger partial charge in [0.2, 0.25) is 0 Å². The molecule has 1 aliphatic heterocycles. The van der Waals surface area contributed by atoms with Gasteiger partial charge in [0.15, 0.2) is 0 Å². The highest BCUT2D eigenvalue weighted by Crippen LogP contribution is 2.35. The number of aromatic nitrogens is 2. The molecule has 3 rings (SSSR count). The zero-order valence-electron chi connectivity index (χ0n) is 13.9. The molecule has 0 atom stereocenters. The van der Waals surface area contributed by atoms with Crippen LogP contribution in [-0.2, 0) is 0 Å². The van der Waals surface area contributed by atoms with Crippen molar-refractivity contribution in [2.24, 2.45) is 0 Å². The van der Waals surface area contributed by atoms with E-state index in [2.05, 4.69) is 31.9 Å². The third-order valence-electron chi connectivity index (χ3n) is 5.13. The van der Waals surface area contributed by atoms with E-state index in [0.29, 0.717) is 5.54 Å². The molecule has 0 amide bonds. The van der Waals surface area contributed by atoms with E-state index in [0.717, 1.165) is 23.8 Å². The van der Waals surface area contributed by atoms with Gasteiger partial charge in [0.05, 0.1) is 11.4 Å². The minimum Gasteiger partial charge on any atom is -0.367 e. The van der Waals surface area contributed by atoms with Crippen LogP contribution in [0.3, 0.4) is 0 Å². The van der Waals surface area contributed by atoms with Crippen LogP contribution >= 0.6 is 11.8 Å². The second-order valence-corrected chi connectivity index (χ2v) is 7.91. The highest BCUT2D eigenvalue weighted by atomic mass is 32.2. The lowest BCUT2D eigenvalue weighted by Gasteiger charge is -2.48. The van der Waals surface area contributed by atoms with Crippen LogP contribution in [0.25, 0.3) is 0 Å². The van der Waals surface area contributed by atoms with Crippen molar-refractivity contribution in [1.82, 2.24) is 14.9 Å². The number of nitrogens with one attached hydrogen (secondary N) is 1. The quantitative estimate of drug-likeness (QED) is 0.922. The molecule has 5 heteroatoms. The lowest BCUT2D eigenvalue weighted by Crippen LogP contribution is -2.57. The maximum Gasteiger partial charge on any atom is 0.147 e. The number of thioether (sulfide) groups is 1. The van der Waals surface area contributed by atoms with Gasteiger partial charge in [-0.25, -0.2) is 4.98 Å². The molecule has 22 heavy (non-hydrogen) atoms. The van der Waals surface area contributed by atoms with Crippen molar-refractivity contribution >= 4 is 17.6 Å². The molecular weight excluding hydrogens is 292 g/mol. The molecule has 4 nitrogen and oxygen atoms in total. The van der Waals surface area contributed by atoms with Crippen LogP contribution in [0.15, 0.2) is 6.20 Å². The van der Waals surface area contributed by atoms with Gasteiger partial charge in [0.25, 0.3) is 0 Å². The number of nitrogens with zero attached hydrogens (tertiary/aromatic N) is 3. The fraction of sp³-hybridized carbons (Fsp3) is 0.765. The van der Waals surface area contributed by atoms with E-state index in [1.54, 1.807) is 0 Å². The van der Waals surface area contributed by atoms with Crippen LogP contribution in [0.2, 0.25) is 0 Å². The average Bonchev–Trinajstić information content (AvgIpc) is 2.57. The van der Waals surface area contributed by atoms with Crippen molar-refractivity contribution in [2.75, 3.05) is 36.5 Å². The van der Waals surface area contributed by atoms with Crippen LogP contribution in [0, 0.1) is 13.8 Å². The molecule has 122 valence electrons. The summed E-state index contributed by atoms with van der Waals surface area (Å²) in [6, 6.07) is 0. The van der Waals surface area contributed by atoms with Crippen molar-refractivity contribution in [2.45, 2.75) is 51.5 Å². The Kier molecular flexibility index (Phi) is 5.24. The van der Waals surface area contributed by atoms with E-state index in [-0.39, 0.29) is 0 Å². The molecule has 0 aromatic carbocycles. The van der Waals surface area contributed by atoms with Crippen molar-refractivity contribution < 1.29 is 0 Å². The first-order valence-electron chi connectivity index (χ1n) is 8.57. The molecule has 0 unspecified atom stereocenters. The standard InChI is InChI=1S/C17H28N4S/c1-14-12-18-15(2)16(20-14)19-13-17(6-4-3-5-7-17)21-8-10-22-11-9-21/h12H,3-11,13H2,1-2H3,(H,19,20). The van der Waals surface area contributed by atoms with Crippen molar-refractivity contribution in [3.63, 3.8) is 0 Å². The molecular formula is C17H28N4S. The summed E-state index contributed by atoms with van der Waals surface area (Å²) in [4.78, 5) is 11.8. The number of hydrogen-bond donors (Lipinski definition) is 1. The van der Waals surface area contributed by atoms with Gasteiger partial charge in [0.1, 0.15) is 5.82 Å². The number of anilines is 1. The van der Waals surface area contributed by atoms with Gasteiger partial charge in [0, 0.05) is 42.9 Å². The predicted molar refractivity (Wildman–Crippen MR) is 94.7 cm³/mol. The zero-order chi connectivity index (χ0) is 15.4. The molecule has 0 spiro atoms. The monoisotopic (exact) mass is 320 g/mol. The Morgan fingerprint density at radius 1 is 1.18 bits per heavy atom. The number of aryl methyl sites for hydroxylation is 2. The Hall–Kier alpha value is -0.810. The van der Waals surface area contributed by atoms with Crippen molar-refractivity contribution in [3.8, 4) is 0 Å². The molecule has 2 aliphatic rings. The largest absolute Gasteiger partial charge is 0.367 e. The summed E-state index contributed by atoms with van der Waals surface area (Å²) in [5, 5.41) is 3.64. The van der Waals surface area contributed by atoms with Crippen LogP contribution in [0.4, 0.5) is 5.82 Å². The second-order valence-electron chi connectivity index (χ2n) is 6.68.